The van der Waals surface area contributed by atoms with E-state index in [4.69, 9.17) is 15.9 Å². The van der Waals surface area contributed by atoms with Gasteiger partial charge in [-0.25, -0.2) is 4.99 Å². The number of nitrogens with one attached hydrogen (secondary N) is 1. The maximum atomic E-state index is 7.81. The fourth-order valence-electron chi connectivity index (χ4n) is 3.41. The van der Waals surface area contributed by atoms with Gasteiger partial charge in [0.15, 0.2) is 5.84 Å². The van der Waals surface area contributed by atoms with E-state index in [1.807, 2.05) is 18.2 Å². The van der Waals surface area contributed by atoms with Gasteiger partial charge in [0, 0.05) is 11.1 Å². The lowest BCUT2D eigenvalue weighted by molar-refractivity contribution is 0.304. The normalized spacial score (nSPS) is 13.0. The molecule has 4 nitrogen and oxygen atoms in total. The van der Waals surface area contributed by atoms with Crippen LogP contribution in [0.2, 0.25) is 0 Å². The van der Waals surface area contributed by atoms with Crippen LogP contribution in [0.4, 0.5) is 0 Å². The van der Waals surface area contributed by atoms with Gasteiger partial charge in [0.2, 0.25) is 0 Å². The SMILES string of the molecule is CCCCCCCCCCCCCCOc1ccc2c(c1)C(=N)N=C2N. The summed E-state index contributed by atoms with van der Waals surface area (Å²) in [7, 11) is 0. The van der Waals surface area contributed by atoms with Crippen LogP contribution >= 0.6 is 0 Å². The van der Waals surface area contributed by atoms with E-state index >= 15 is 0 Å². The van der Waals surface area contributed by atoms with Gasteiger partial charge >= 0.3 is 0 Å². The highest BCUT2D eigenvalue weighted by Crippen LogP contribution is 2.23. The molecule has 1 heterocycles. The molecular formula is C22H35N3O. The molecule has 144 valence electrons. The third-order valence-corrected chi connectivity index (χ3v) is 5.02. The van der Waals surface area contributed by atoms with Crippen molar-refractivity contribution in [1.82, 2.24) is 0 Å². The standard InChI is InChI=1S/C22H35N3O/c1-2-3-4-5-6-7-8-9-10-11-12-13-16-26-18-14-15-19-20(17-18)22(24)25-21(19)23/h14-15,17H,2-13,16H2,1H3,(H3,23,24,25). The molecule has 0 spiro atoms. The molecule has 0 aromatic heterocycles. The van der Waals surface area contributed by atoms with Crippen molar-refractivity contribution in [3.8, 4) is 5.75 Å². The number of unbranched alkanes of at least 4 members (excludes halogenated alkanes) is 11. The van der Waals surface area contributed by atoms with Gasteiger partial charge in [0.1, 0.15) is 11.6 Å². The summed E-state index contributed by atoms with van der Waals surface area (Å²) < 4.78 is 5.82. The second kappa shape index (κ2) is 11.7. The summed E-state index contributed by atoms with van der Waals surface area (Å²) in [5, 5.41) is 7.81. The zero-order valence-corrected chi connectivity index (χ0v) is 16.4. The molecule has 1 aliphatic heterocycles. The minimum absolute atomic E-state index is 0.230. The van der Waals surface area contributed by atoms with Gasteiger partial charge in [-0.15, -0.1) is 0 Å². The molecule has 1 aliphatic rings. The van der Waals surface area contributed by atoms with Gasteiger partial charge in [-0.2, -0.15) is 0 Å². The largest absolute Gasteiger partial charge is 0.494 e. The predicted octanol–water partition coefficient (Wildman–Crippen LogP) is 5.81. The van der Waals surface area contributed by atoms with Crippen molar-refractivity contribution in [3.05, 3.63) is 29.3 Å². The number of ether oxygens (including phenoxy) is 1. The van der Waals surface area contributed by atoms with Crippen molar-refractivity contribution < 1.29 is 4.74 Å². The summed E-state index contributed by atoms with van der Waals surface area (Å²) in [6, 6.07) is 5.69. The van der Waals surface area contributed by atoms with Gasteiger partial charge in [0.25, 0.3) is 0 Å². The molecule has 3 N–H and O–H groups in total. The van der Waals surface area contributed by atoms with E-state index in [1.54, 1.807) is 0 Å². The van der Waals surface area contributed by atoms with E-state index in [-0.39, 0.29) is 5.84 Å². The first-order chi connectivity index (χ1) is 12.7. The average molecular weight is 358 g/mol. The van der Waals surface area contributed by atoms with Crippen molar-refractivity contribution in [2.45, 2.75) is 84.0 Å². The minimum Gasteiger partial charge on any atom is -0.494 e. The Labute approximate surface area is 158 Å². The van der Waals surface area contributed by atoms with Crippen molar-refractivity contribution >= 4 is 11.7 Å². The van der Waals surface area contributed by atoms with E-state index in [1.165, 1.54) is 70.6 Å². The first-order valence-electron chi connectivity index (χ1n) is 10.4. The predicted molar refractivity (Wildman–Crippen MR) is 111 cm³/mol. The molecule has 26 heavy (non-hydrogen) atoms. The number of aliphatic imine (C=N–C) groups is 1. The Kier molecular flexibility index (Phi) is 9.22. The fraction of sp³-hybridized carbons (Fsp3) is 0.636. The maximum Gasteiger partial charge on any atom is 0.155 e. The van der Waals surface area contributed by atoms with Gasteiger partial charge < -0.3 is 10.5 Å². The number of hydrogen-bond acceptors (Lipinski definition) is 3. The topological polar surface area (TPSA) is 71.5 Å². The summed E-state index contributed by atoms with van der Waals surface area (Å²) in [5.41, 5.74) is 7.39. The van der Waals surface area contributed by atoms with Crippen LogP contribution in [0.5, 0.6) is 5.75 Å². The first kappa shape index (κ1) is 20.5. The second-order valence-corrected chi connectivity index (χ2v) is 7.29. The van der Waals surface area contributed by atoms with Crippen LogP contribution in [0.25, 0.3) is 0 Å². The lowest BCUT2D eigenvalue weighted by atomic mass is 10.1. The monoisotopic (exact) mass is 357 g/mol. The number of fused-ring (bicyclic) bond motifs is 1. The number of amidine groups is 2. The van der Waals surface area contributed by atoms with Crippen molar-refractivity contribution in [2.24, 2.45) is 10.7 Å². The van der Waals surface area contributed by atoms with Crippen LogP contribution in [0.1, 0.15) is 95.1 Å². The Morgan fingerprint density at radius 2 is 1.42 bits per heavy atom. The molecule has 0 radical (unpaired) electrons. The molecule has 0 saturated carbocycles. The molecule has 1 aromatic carbocycles. The molecule has 0 bridgehead atoms. The molecule has 0 unspecified atom stereocenters. The highest BCUT2D eigenvalue weighted by molar-refractivity contribution is 6.20. The van der Waals surface area contributed by atoms with Crippen LogP contribution in [-0.2, 0) is 0 Å². The summed E-state index contributed by atoms with van der Waals surface area (Å²) in [6.07, 6.45) is 16.2. The van der Waals surface area contributed by atoms with Crippen LogP contribution in [0.3, 0.4) is 0 Å². The van der Waals surface area contributed by atoms with Crippen LogP contribution < -0.4 is 10.5 Å². The summed E-state index contributed by atoms with van der Waals surface area (Å²) in [5.74, 6) is 1.47. The fourth-order valence-corrected chi connectivity index (χ4v) is 3.41. The second-order valence-electron chi connectivity index (χ2n) is 7.29. The summed E-state index contributed by atoms with van der Waals surface area (Å²) >= 11 is 0. The molecule has 1 aromatic rings. The van der Waals surface area contributed by atoms with Crippen molar-refractivity contribution in [2.75, 3.05) is 6.61 Å². The molecule has 4 heteroatoms. The Hall–Kier alpha value is -1.84. The Morgan fingerprint density at radius 3 is 2.04 bits per heavy atom. The van der Waals surface area contributed by atoms with Gasteiger partial charge in [-0.05, 0) is 24.6 Å². The molecule has 0 atom stereocenters. The van der Waals surface area contributed by atoms with Crippen molar-refractivity contribution in [3.63, 3.8) is 0 Å². The quantitative estimate of drug-likeness (QED) is 0.412. The highest BCUT2D eigenvalue weighted by atomic mass is 16.5. The van der Waals surface area contributed by atoms with Crippen LogP contribution in [0, 0.1) is 5.41 Å². The third kappa shape index (κ3) is 6.81. The lowest BCUT2D eigenvalue weighted by Gasteiger charge is -2.08. The zero-order valence-electron chi connectivity index (χ0n) is 16.4. The van der Waals surface area contributed by atoms with E-state index in [9.17, 15) is 0 Å². The molecule has 2 rings (SSSR count). The maximum absolute atomic E-state index is 7.81. The number of hydrogen-bond donors (Lipinski definition) is 2. The molecule has 0 saturated heterocycles. The van der Waals surface area contributed by atoms with Crippen molar-refractivity contribution in [1.29, 1.82) is 5.41 Å². The van der Waals surface area contributed by atoms with Crippen LogP contribution in [-0.4, -0.2) is 18.3 Å². The van der Waals surface area contributed by atoms with Gasteiger partial charge in [-0.1, -0.05) is 77.6 Å². The summed E-state index contributed by atoms with van der Waals surface area (Å²) in [6.45, 7) is 3.01. The molecule has 0 fully saturated rings. The minimum atomic E-state index is 0.230. The van der Waals surface area contributed by atoms with E-state index in [2.05, 4.69) is 11.9 Å². The molecule has 0 amide bonds. The summed E-state index contributed by atoms with van der Waals surface area (Å²) in [4.78, 5) is 3.99. The van der Waals surface area contributed by atoms with E-state index < -0.39 is 0 Å². The van der Waals surface area contributed by atoms with Gasteiger partial charge in [-0.3, -0.25) is 5.41 Å². The molecule has 0 aliphatic carbocycles. The lowest BCUT2D eigenvalue weighted by Crippen LogP contribution is -2.10. The Morgan fingerprint density at radius 1 is 0.846 bits per heavy atom. The number of rotatable bonds is 14. The first-order valence-corrected chi connectivity index (χ1v) is 10.4. The third-order valence-electron chi connectivity index (χ3n) is 5.02. The smallest absolute Gasteiger partial charge is 0.155 e. The Bertz CT molecular complexity index is 595. The van der Waals surface area contributed by atoms with Gasteiger partial charge in [0.05, 0.1) is 6.61 Å². The van der Waals surface area contributed by atoms with Crippen LogP contribution in [0.15, 0.2) is 23.2 Å². The molecular weight excluding hydrogens is 322 g/mol. The number of nitrogens with two attached hydrogens (primary N) is 1. The number of nitrogens with zero attached hydrogens (tertiary/aromatic N) is 1. The zero-order chi connectivity index (χ0) is 18.6. The highest BCUT2D eigenvalue weighted by Gasteiger charge is 2.18. The Balaban J connectivity index is 1.46. The average Bonchev–Trinajstić information content (AvgIpc) is 2.93. The number of benzene rings is 1. The van der Waals surface area contributed by atoms with E-state index in [0.717, 1.165) is 29.9 Å². The van der Waals surface area contributed by atoms with E-state index in [0.29, 0.717) is 5.84 Å².